The van der Waals surface area contributed by atoms with Gasteiger partial charge >= 0.3 is 0 Å². The maximum absolute atomic E-state index is 6.39. The molecular weight excluding hydrogens is 454 g/mol. The monoisotopic (exact) mass is 519 g/mol. The van der Waals surface area contributed by atoms with Gasteiger partial charge in [-0.25, -0.2) is 0 Å². The van der Waals surface area contributed by atoms with Crippen molar-refractivity contribution in [3.63, 3.8) is 0 Å². The van der Waals surface area contributed by atoms with Crippen LogP contribution in [0.1, 0.15) is 169 Å². The lowest BCUT2D eigenvalue weighted by molar-refractivity contribution is -0.211. The highest BCUT2D eigenvalue weighted by Crippen LogP contribution is 2.18. The van der Waals surface area contributed by atoms with Crippen LogP contribution in [-0.2, 0) is 9.57 Å². The SMILES string of the molecule is CCCCCCCCCCCCCC(OCCCCCCCCCC)[C@H](C)ON(C)CCCC.Cl. The summed E-state index contributed by atoms with van der Waals surface area (Å²) >= 11 is 0. The quantitative estimate of drug-likeness (QED) is 0.0757. The topological polar surface area (TPSA) is 21.7 Å². The standard InChI is InChI=1S/C31H65NO2.ClH/c1-6-9-12-14-16-18-19-20-21-23-25-27-31(30(4)34-32(5)28-11-8-3)33-29-26-24-22-17-15-13-10-7-2;/h30-31H,6-29H2,1-5H3;1H/t30-,31?;/m0./s1. The summed E-state index contributed by atoms with van der Waals surface area (Å²) < 4.78 is 6.39. The van der Waals surface area contributed by atoms with Gasteiger partial charge in [0, 0.05) is 20.2 Å². The van der Waals surface area contributed by atoms with Crippen molar-refractivity contribution >= 4 is 12.4 Å². The van der Waals surface area contributed by atoms with Crippen molar-refractivity contribution in [3.05, 3.63) is 0 Å². The smallest absolute Gasteiger partial charge is 0.103 e. The van der Waals surface area contributed by atoms with Gasteiger partial charge in [-0.2, -0.15) is 5.06 Å². The summed E-state index contributed by atoms with van der Waals surface area (Å²) in [5, 5.41) is 2.03. The zero-order chi connectivity index (χ0) is 25.1. The summed E-state index contributed by atoms with van der Waals surface area (Å²) in [6.45, 7) is 10.9. The molecule has 0 spiro atoms. The lowest BCUT2D eigenvalue weighted by Gasteiger charge is -2.28. The Kier molecular flexibility index (Phi) is 32.4. The molecule has 0 aromatic carbocycles. The molecule has 0 heterocycles. The molecule has 214 valence electrons. The van der Waals surface area contributed by atoms with Crippen molar-refractivity contribution in [1.29, 1.82) is 0 Å². The van der Waals surface area contributed by atoms with Gasteiger partial charge in [0.1, 0.15) is 6.10 Å². The van der Waals surface area contributed by atoms with E-state index in [4.69, 9.17) is 9.57 Å². The first-order chi connectivity index (χ1) is 16.7. The number of hydrogen-bond acceptors (Lipinski definition) is 3. The summed E-state index contributed by atoms with van der Waals surface area (Å²) in [6, 6.07) is 0. The van der Waals surface area contributed by atoms with Crippen LogP contribution in [-0.4, -0.2) is 37.5 Å². The van der Waals surface area contributed by atoms with Crippen LogP contribution in [0.4, 0.5) is 0 Å². The van der Waals surface area contributed by atoms with Crippen LogP contribution < -0.4 is 0 Å². The van der Waals surface area contributed by atoms with Crippen LogP contribution in [0.5, 0.6) is 0 Å². The Hall–Kier alpha value is 0.170. The molecule has 3 nitrogen and oxygen atoms in total. The lowest BCUT2D eigenvalue weighted by atomic mass is 10.0. The molecule has 4 heteroatoms. The average Bonchev–Trinajstić information content (AvgIpc) is 2.83. The van der Waals surface area contributed by atoms with E-state index >= 15 is 0 Å². The molecule has 0 aromatic heterocycles. The minimum absolute atomic E-state index is 0. The van der Waals surface area contributed by atoms with Crippen LogP contribution in [0.15, 0.2) is 0 Å². The number of rotatable bonds is 28. The van der Waals surface area contributed by atoms with Crippen LogP contribution in [0, 0.1) is 0 Å². The molecule has 0 radical (unpaired) electrons. The lowest BCUT2D eigenvalue weighted by Crippen LogP contribution is -2.35. The molecule has 0 N–H and O–H groups in total. The first kappa shape index (κ1) is 37.3. The van der Waals surface area contributed by atoms with E-state index < -0.39 is 0 Å². The normalized spacial score (nSPS) is 13.2. The molecule has 0 saturated carbocycles. The Balaban J connectivity index is 0. The van der Waals surface area contributed by atoms with Gasteiger partial charge in [0.05, 0.1) is 6.10 Å². The minimum atomic E-state index is 0. The summed E-state index contributed by atoms with van der Waals surface area (Å²) in [6.07, 6.45) is 30.0. The number of unbranched alkanes of at least 4 members (excludes halogenated alkanes) is 18. The third-order valence-corrected chi connectivity index (χ3v) is 7.12. The highest BCUT2D eigenvalue weighted by molar-refractivity contribution is 5.85. The van der Waals surface area contributed by atoms with Gasteiger partial charge in [0.2, 0.25) is 0 Å². The number of ether oxygens (including phenoxy) is 1. The Morgan fingerprint density at radius 1 is 0.543 bits per heavy atom. The van der Waals surface area contributed by atoms with E-state index in [1.165, 1.54) is 135 Å². The molecule has 2 atom stereocenters. The van der Waals surface area contributed by atoms with Gasteiger partial charge in [-0.15, -0.1) is 12.4 Å². The summed E-state index contributed by atoms with van der Waals surface area (Å²) in [4.78, 5) is 6.21. The van der Waals surface area contributed by atoms with E-state index in [9.17, 15) is 0 Å². The first-order valence-electron chi connectivity index (χ1n) is 15.6. The second-order valence-corrected chi connectivity index (χ2v) is 10.7. The van der Waals surface area contributed by atoms with Gasteiger partial charge in [0.25, 0.3) is 0 Å². The molecule has 1 unspecified atom stereocenters. The number of hydroxylamine groups is 2. The maximum Gasteiger partial charge on any atom is 0.103 e. The molecular formula is C31H66ClNO2. The molecule has 0 aromatic rings. The van der Waals surface area contributed by atoms with Crippen molar-refractivity contribution in [1.82, 2.24) is 5.06 Å². The molecule has 35 heavy (non-hydrogen) atoms. The maximum atomic E-state index is 6.39. The Morgan fingerprint density at radius 2 is 0.943 bits per heavy atom. The second kappa shape index (κ2) is 30.4. The largest absolute Gasteiger partial charge is 0.375 e. The second-order valence-electron chi connectivity index (χ2n) is 10.7. The fraction of sp³-hybridized carbons (Fsp3) is 1.00. The van der Waals surface area contributed by atoms with Crippen LogP contribution in [0.3, 0.4) is 0 Å². The molecule has 0 saturated heterocycles. The summed E-state index contributed by atoms with van der Waals surface area (Å²) in [5.41, 5.74) is 0. The first-order valence-corrected chi connectivity index (χ1v) is 15.6. The zero-order valence-corrected chi connectivity index (χ0v) is 25.6. The molecule has 0 aliphatic carbocycles. The number of halogens is 1. The number of hydrogen-bond donors (Lipinski definition) is 0. The van der Waals surface area contributed by atoms with Crippen molar-refractivity contribution in [3.8, 4) is 0 Å². The predicted octanol–water partition coefficient (Wildman–Crippen LogP) is 10.7. The molecule has 0 aliphatic rings. The fourth-order valence-electron chi connectivity index (χ4n) is 4.72. The van der Waals surface area contributed by atoms with Crippen molar-refractivity contribution in [2.75, 3.05) is 20.2 Å². The van der Waals surface area contributed by atoms with Gasteiger partial charge in [0.15, 0.2) is 0 Å². The highest BCUT2D eigenvalue weighted by Gasteiger charge is 2.20. The number of nitrogens with zero attached hydrogens (tertiary/aromatic N) is 1. The molecule has 0 rings (SSSR count). The Bertz CT molecular complexity index is 383. The Morgan fingerprint density at radius 3 is 1.40 bits per heavy atom. The average molecular weight is 520 g/mol. The van der Waals surface area contributed by atoms with E-state index in [0.717, 1.165) is 19.6 Å². The van der Waals surface area contributed by atoms with Crippen LogP contribution in [0.25, 0.3) is 0 Å². The van der Waals surface area contributed by atoms with Gasteiger partial charge in [-0.05, 0) is 26.2 Å². The highest BCUT2D eigenvalue weighted by atomic mass is 35.5. The van der Waals surface area contributed by atoms with E-state index in [0.29, 0.717) is 0 Å². The van der Waals surface area contributed by atoms with E-state index in [2.05, 4.69) is 34.7 Å². The van der Waals surface area contributed by atoms with E-state index in [1.54, 1.807) is 0 Å². The van der Waals surface area contributed by atoms with Crippen molar-refractivity contribution in [2.45, 2.75) is 181 Å². The molecule has 0 aliphatic heterocycles. The molecule has 0 fully saturated rings. The van der Waals surface area contributed by atoms with Crippen LogP contribution >= 0.6 is 12.4 Å². The van der Waals surface area contributed by atoms with Crippen molar-refractivity contribution in [2.24, 2.45) is 0 Å². The predicted molar refractivity (Wildman–Crippen MR) is 159 cm³/mol. The summed E-state index contributed by atoms with van der Waals surface area (Å²) in [5.74, 6) is 0. The summed E-state index contributed by atoms with van der Waals surface area (Å²) in [7, 11) is 2.07. The molecule has 0 amide bonds. The van der Waals surface area contributed by atoms with E-state index in [1.807, 2.05) is 5.06 Å². The minimum Gasteiger partial charge on any atom is -0.375 e. The van der Waals surface area contributed by atoms with Gasteiger partial charge in [-0.3, -0.25) is 4.84 Å². The third kappa shape index (κ3) is 27.0. The van der Waals surface area contributed by atoms with Crippen molar-refractivity contribution < 1.29 is 9.57 Å². The van der Waals surface area contributed by atoms with Gasteiger partial charge < -0.3 is 4.74 Å². The zero-order valence-electron chi connectivity index (χ0n) is 24.8. The third-order valence-electron chi connectivity index (χ3n) is 7.12. The van der Waals surface area contributed by atoms with Crippen LogP contribution in [0.2, 0.25) is 0 Å². The van der Waals surface area contributed by atoms with E-state index in [-0.39, 0.29) is 24.6 Å². The Labute approximate surface area is 228 Å². The fourth-order valence-corrected chi connectivity index (χ4v) is 4.72. The van der Waals surface area contributed by atoms with Gasteiger partial charge in [-0.1, -0.05) is 143 Å². The molecule has 0 bridgehead atoms.